The van der Waals surface area contributed by atoms with Gasteiger partial charge in [0.05, 0.1) is 18.5 Å². The Hall–Kier alpha value is -1.40. The van der Waals surface area contributed by atoms with Gasteiger partial charge in [0.25, 0.3) is 0 Å². The second-order valence-electron chi connectivity index (χ2n) is 4.77. The number of imidazole rings is 1. The highest BCUT2D eigenvalue weighted by molar-refractivity contribution is 5.75. The minimum Gasteiger partial charge on any atom is -0.464 e. The van der Waals surface area contributed by atoms with Crippen molar-refractivity contribution in [1.82, 2.24) is 9.97 Å². The third kappa shape index (κ3) is 4.85. The van der Waals surface area contributed by atoms with Crippen molar-refractivity contribution >= 4 is 5.97 Å². The van der Waals surface area contributed by atoms with E-state index in [1.807, 2.05) is 13.8 Å². The number of H-pyrrole nitrogens is 1. The Bertz CT molecular complexity index is 363. The number of aromatic nitrogens is 2. The Morgan fingerprint density at radius 1 is 1.61 bits per heavy atom. The average molecular weight is 255 g/mol. The summed E-state index contributed by atoms with van der Waals surface area (Å²) in [4.78, 5) is 18.4. The summed E-state index contributed by atoms with van der Waals surface area (Å²) in [7, 11) is 1.63. The average Bonchev–Trinajstić information content (AvgIpc) is 2.81. The monoisotopic (exact) mass is 255 g/mol. The first kappa shape index (κ1) is 14.7. The lowest BCUT2D eigenvalue weighted by molar-refractivity contribution is -0.146. The SMILES string of the molecule is COC(C)(C)CCOC(=O)[C@@H](N)Cc1cnc[nH]1. The van der Waals surface area contributed by atoms with Crippen LogP contribution in [0.25, 0.3) is 0 Å². The van der Waals surface area contributed by atoms with Gasteiger partial charge in [0.15, 0.2) is 0 Å². The summed E-state index contributed by atoms with van der Waals surface area (Å²) in [5.74, 6) is -0.406. The van der Waals surface area contributed by atoms with Gasteiger partial charge in [-0.3, -0.25) is 4.79 Å². The molecule has 3 N–H and O–H groups in total. The van der Waals surface area contributed by atoms with Crippen LogP contribution < -0.4 is 5.73 Å². The molecule has 0 unspecified atom stereocenters. The molecule has 0 bridgehead atoms. The molecule has 6 heteroatoms. The van der Waals surface area contributed by atoms with Crippen molar-refractivity contribution in [3.8, 4) is 0 Å². The molecule has 1 aromatic rings. The predicted molar refractivity (Wildman–Crippen MR) is 66.9 cm³/mol. The first-order chi connectivity index (χ1) is 8.44. The molecule has 1 rings (SSSR count). The predicted octanol–water partition coefficient (Wildman–Crippen LogP) is 0.638. The lowest BCUT2D eigenvalue weighted by atomic mass is 10.1. The van der Waals surface area contributed by atoms with Gasteiger partial charge in [-0.1, -0.05) is 0 Å². The van der Waals surface area contributed by atoms with Crippen LogP contribution in [0.5, 0.6) is 0 Å². The molecule has 0 aliphatic heterocycles. The number of nitrogens with one attached hydrogen (secondary N) is 1. The van der Waals surface area contributed by atoms with E-state index < -0.39 is 12.0 Å². The summed E-state index contributed by atoms with van der Waals surface area (Å²) in [5.41, 5.74) is 6.26. The summed E-state index contributed by atoms with van der Waals surface area (Å²) >= 11 is 0. The second-order valence-corrected chi connectivity index (χ2v) is 4.77. The number of hydrogen-bond donors (Lipinski definition) is 2. The maximum atomic E-state index is 11.6. The zero-order valence-electron chi connectivity index (χ0n) is 11.1. The van der Waals surface area contributed by atoms with Gasteiger partial charge in [-0.05, 0) is 13.8 Å². The van der Waals surface area contributed by atoms with E-state index in [9.17, 15) is 4.79 Å². The first-order valence-electron chi connectivity index (χ1n) is 5.89. The molecule has 18 heavy (non-hydrogen) atoms. The number of carbonyl (C=O) groups is 1. The standard InChI is InChI=1S/C12H21N3O3/c1-12(2,17-3)4-5-18-11(16)10(13)6-9-7-14-8-15-9/h7-8,10H,4-6,13H2,1-3H3,(H,14,15)/t10-/m0/s1. The molecule has 6 nitrogen and oxygen atoms in total. The number of aromatic amines is 1. The minimum atomic E-state index is -0.670. The number of esters is 1. The molecule has 102 valence electrons. The zero-order valence-corrected chi connectivity index (χ0v) is 11.1. The van der Waals surface area contributed by atoms with E-state index >= 15 is 0 Å². The molecule has 0 spiro atoms. The van der Waals surface area contributed by atoms with Crippen LogP contribution in [-0.4, -0.2) is 41.3 Å². The highest BCUT2D eigenvalue weighted by Gasteiger charge is 2.20. The van der Waals surface area contributed by atoms with Crippen molar-refractivity contribution in [2.45, 2.75) is 38.3 Å². The van der Waals surface area contributed by atoms with E-state index in [-0.39, 0.29) is 5.60 Å². The van der Waals surface area contributed by atoms with Gasteiger partial charge in [0, 0.05) is 31.8 Å². The Morgan fingerprint density at radius 2 is 2.33 bits per heavy atom. The number of nitrogens with zero attached hydrogens (tertiary/aromatic N) is 1. The molecule has 1 heterocycles. The normalized spacial score (nSPS) is 13.3. The van der Waals surface area contributed by atoms with Crippen molar-refractivity contribution in [2.24, 2.45) is 5.73 Å². The van der Waals surface area contributed by atoms with Gasteiger partial charge in [-0.15, -0.1) is 0 Å². The van der Waals surface area contributed by atoms with E-state index in [0.717, 1.165) is 5.69 Å². The van der Waals surface area contributed by atoms with Gasteiger partial charge in [0.2, 0.25) is 0 Å². The number of methoxy groups -OCH3 is 1. The van der Waals surface area contributed by atoms with Crippen LogP contribution in [0.15, 0.2) is 12.5 Å². The quantitative estimate of drug-likeness (QED) is 0.698. The summed E-state index contributed by atoms with van der Waals surface area (Å²) in [5, 5.41) is 0. The van der Waals surface area contributed by atoms with Crippen molar-refractivity contribution in [2.75, 3.05) is 13.7 Å². The summed E-state index contributed by atoms with van der Waals surface area (Å²) < 4.78 is 10.3. The molecular formula is C12H21N3O3. The van der Waals surface area contributed by atoms with Crippen LogP contribution in [-0.2, 0) is 20.7 Å². The van der Waals surface area contributed by atoms with Crippen molar-refractivity contribution in [3.63, 3.8) is 0 Å². The topological polar surface area (TPSA) is 90.2 Å². The fourth-order valence-electron chi connectivity index (χ4n) is 1.32. The molecule has 0 fully saturated rings. The molecule has 0 aliphatic carbocycles. The van der Waals surface area contributed by atoms with Gasteiger partial charge in [-0.25, -0.2) is 4.98 Å². The lowest BCUT2D eigenvalue weighted by Gasteiger charge is -2.22. The Morgan fingerprint density at radius 3 is 2.89 bits per heavy atom. The molecule has 1 aromatic heterocycles. The number of hydrogen-bond acceptors (Lipinski definition) is 5. The van der Waals surface area contributed by atoms with Crippen LogP contribution in [0.2, 0.25) is 0 Å². The van der Waals surface area contributed by atoms with Gasteiger partial charge < -0.3 is 20.2 Å². The number of rotatable bonds is 7. The fourth-order valence-corrected chi connectivity index (χ4v) is 1.32. The largest absolute Gasteiger partial charge is 0.464 e. The Labute approximate surface area is 107 Å². The molecule has 0 saturated carbocycles. The van der Waals surface area contributed by atoms with E-state index in [1.54, 1.807) is 19.6 Å². The van der Waals surface area contributed by atoms with Gasteiger partial charge >= 0.3 is 5.97 Å². The summed E-state index contributed by atoms with van der Waals surface area (Å²) in [6.45, 7) is 4.17. The second kappa shape index (κ2) is 6.51. The molecular weight excluding hydrogens is 234 g/mol. The molecule has 0 amide bonds. The summed E-state index contributed by atoms with van der Waals surface area (Å²) in [6, 6.07) is -0.670. The van der Waals surface area contributed by atoms with E-state index in [0.29, 0.717) is 19.4 Å². The maximum Gasteiger partial charge on any atom is 0.323 e. The molecule has 1 atom stereocenters. The number of ether oxygens (including phenoxy) is 2. The van der Waals surface area contributed by atoms with E-state index in [2.05, 4.69) is 9.97 Å². The first-order valence-corrected chi connectivity index (χ1v) is 5.89. The summed E-state index contributed by atoms with van der Waals surface area (Å²) in [6.07, 6.45) is 4.22. The smallest absolute Gasteiger partial charge is 0.323 e. The Kier molecular flexibility index (Phi) is 5.30. The van der Waals surface area contributed by atoms with E-state index in [4.69, 9.17) is 15.2 Å². The number of nitrogens with two attached hydrogens (primary N) is 1. The van der Waals surface area contributed by atoms with Crippen LogP contribution in [0.3, 0.4) is 0 Å². The van der Waals surface area contributed by atoms with Crippen LogP contribution >= 0.6 is 0 Å². The van der Waals surface area contributed by atoms with Crippen molar-refractivity contribution < 1.29 is 14.3 Å². The third-order valence-corrected chi connectivity index (χ3v) is 2.80. The maximum absolute atomic E-state index is 11.6. The molecule has 0 saturated heterocycles. The number of carbonyl (C=O) groups excluding carboxylic acids is 1. The zero-order chi connectivity index (χ0) is 13.6. The van der Waals surface area contributed by atoms with Crippen LogP contribution in [0.4, 0.5) is 0 Å². The fraction of sp³-hybridized carbons (Fsp3) is 0.667. The Balaban J connectivity index is 2.28. The van der Waals surface area contributed by atoms with Crippen molar-refractivity contribution in [1.29, 1.82) is 0 Å². The molecule has 0 radical (unpaired) electrons. The van der Waals surface area contributed by atoms with Crippen molar-refractivity contribution in [3.05, 3.63) is 18.2 Å². The van der Waals surface area contributed by atoms with Crippen LogP contribution in [0.1, 0.15) is 26.0 Å². The van der Waals surface area contributed by atoms with E-state index in [1.165, 1.54) is 0 Å². The highest BCUT2D eigenvalue weighted by atomic mass is 16.5. The van der Waals surface area contributed by atoms with Gasteiger partial charge in [-0.2, -0.15) is 0 Å². The highest BCUT2D eigenvalue weighted by Crippen LogP contribution is 2.12. The minimum absolute atomic E-state index is 0.298. The van der Waals surface area contributed by atoms with Crippen LogP contribution in [0, 0.1) is 0 Å². The third-order valence-electron chi connectivity index (χ3n) is 2.80. The molecule has 0 aliphatic rings. The molecule has 0 aromatic carbocycles. The lowest BCUT2D eigenvalue weighted by Crippen LogP contribution is -2.35. The van der Waals surface area contributed by atoms with Gasteiger partial charge in [0.1, 0.15) is 6.04 Å².